The lowest BCUT2D eigenvalue weighted by molar-refractivity contribution is -0.127. The first kappa shape index (κ1) is 39.0. The second-order valence-corrected chi connectivity index (χ2v) is 17.4. The highest BCUT2D eigenvalue weighted by molar-refractivity contribution is 7.12. The van der Waals surface area contributed by atoms with Gasteiger partial charge in [0.05, 0.1) is 27.3 Å². The number of aryl methyl sites for hydroxylation is 4. The Morgan fingerprint density at radius 1 is 0.672 bits per heavy atom. The molecule has 2 atom stereocenters. The summed E-state index contributed by atoms with van der Waals surface area (Å²) in [5.41, 5.74) is 10.5. The van der Waals surface area contributed by atoms with E-state index in [2.05, 4.69) is 91.8 Å². The van der Waals surface area contributed by atoms with E-state index in [9.17, 15) is 9.59 Å². The van der Waals surface area contributed by atoms with Crippen LogP contribution < -0.4 is 9.47 Å². The van der Waals surface area contributed by atoms with Crippen molar-refractivity contribution < 1.29 is 19.1 Å². The number of hydrogen-bond donors (Lipinski definition) is 0. The molecule has 0 saturated carbocycles. The van der Waals surface area contributed by atoms with E-state index in [1.54, 1.807) is 36.9 Å². The van der Waals surface area contributed by atoms with Crippen LogP contribution >= 0.6 is 22.7 Å². The number of benzene rings is 2. The molecule has 0 bridgehead atoms. The smallest absolute Gasteiger partial charge is 0.246 e. The zero-order chi connectivity index (χ0) is 40.5. The van der Waals surface area contributed by atoms with Crippen LogP contribution in [0.4, 0.5) is 0 Å². The standard InChI is InChI=1S/C48H46N4O4S2/c1-7-45(53)51-25-41(39-23-30(4)57-43(39)27-51)35-15-11-10-14-34(35)38-22-19-31(50-48(38)56-6)18-20-32-24-40-42(26-52(46(54)8-2)28-44(40)58-32)36-16-12-9-13-33(36)37-21-17-29(3)49-47(37)55-5/h7-17,19,21-24,41-42H,1-2,18,20,25-28H2,3-6H3/t41-,42+/m1/s1. The van der Waals surface area contributed by atoms with Crippen LogP contribution in [-0.2, 0) is 35.5 Å². The highest BCUT2D eigenvalue weighted by Gasteiger charge is 2.34. The van der Waals surface area contributed by atoms with E-state index < -0.39 is 0 Å². The van der Waals surface area contributed by atoms with Crippen LogP contribution in [-0.4, -0.2) is 58.9 Å². The summed E-state index contributed by atoms with van der Waals surface area (Å²) in [7, 11) is 3.33. The molecule has 10 heteroatoms. The molecule has 58 heavy (non-hydrogen) atoms. The molecule has 6 heterocycles. The van der Waals surface area contributed by atoms with Crippen LogP contribution in [0.15, 0.2) is 110 Å². The van der Waals surface area contributed by atoms with Gasteiger partial charge in [-0.3, -0.25) is 9.59 Å². The molecule has 8 rings (SSSR count). The van der Waals surface area contributed by atoms with Crippen LogP contribution in [0.1, 0.15) is 65.0 Å². The molecule has 2 aliphatic rings. The maximum absolute atomic E-state index is 13.1. The van der Waals surface area contributed by atoms with Crippen molar-refractivity contribution in [2.45, 2.75) is 51.6 Å². The van der Waals surface area contributed by atoms with Crippen LogP contribution in [0.25, 0.3) is 22.3 Å². The highest BCUT2D eigenvalue weighted by atomic mass is 32.1. The van der Waals surface area contributed by atoms with Gasteiger partial charge in [-0.1, -0.05) is 61.7 Å². The van der Waals surface area contributed by atoms with E-state index in [0.717, 1.165) is 57.6 Å². The van der Waals surface area contributed by atoms with Crippen molar-refractivity contribution in [3.63, 3.8) is 0 Å². The van der Waals surface area contributed by atoms with Crippen molar-refractivity contribution in [2.75, 3.05) is 27.3 Å². The van der Waals surface area contributed by atoms with Gasteiger partial charge in [0, 0.05) is 66.9 Å². The average molecular weight is 807 g/mol. The minimum atomic E-state index is -0.0763. The number of rotatable bonds is 11. The van der Waals surface area contributed by atoms with Gasteiger partial charge in [0.15, 0.2) is 0 Å². The minimum absolute atomic E-state index is 0.00659. The number of methoxy groups -OCH3 is 2. The molecule has 2 aliphatic heterocycles. The SMILES string of the molecule is C=CC(=O)N1Cc2sc(C)cc2[C@@H](c2ccccc2-c2ccc(CCc3cc4c(s3)CN(C(=O)C=C)C[C@H]4c3ccccc3-c3ccc(C)nc3OC)nc2OC)C1. The first-order valence-corrected chi connectivity index (χ1v) is 21.1. The molecule has 0 fully saturated rings. The molecule has 6 aromatic rings. The summed E-state index contributed by atoms with van der Waals surface area (Å²) >= 11 is 3.52. The van der Waals surface area contributed by atoms with Crippen LogP contribution in [0.5, 0.6) is 11.8 Å². The van der Waals surface area contributed by atoms with Crippen molar-refractivity contribution in [3.05, 3.63) is 163 Å². The van der Waals surface area contributed by atoms with Crippen LogP contribution in [0.2, 0.25) is 0 Å². The van der Waals surface area contributed by atoms with Gasteiger partial charge < -0.3 is 19.3 Å². The molecule has 0 radical (unpaired) electrons. The summed E-state index contributed by atoms with van der Waals surface area (Å²) in [6.45, 7) is 13.9. The lowest BCUT2D eigenvalue weighted by Gasteiger charge is -2.33. The largest absolute Gasteiger partial charge is 0.481 e. The topological polar surface area (TPSA) is 84.9 Å². The Bertz CT molecular complexity index is 2550. The predicted molar refractivity (Wildman–Crippen MR) is 233 cm³/mol. The molecule has 0 N–H and O–H groups in total. The van der Waals surface area contributed by atoms with E-state index in [1.165, 1.54) is 42.8 Å². The first-order valence-electron chi connectivity index (χ1n) is 19.5. The summed E-state index contributed by atoms with van der Waals surface area (Å²) in [4.78, 5) is 44.4. The average Bonchev–Trinajstić information content (AvgIpc) is 3.86. The number of fused-ring (bicyclic) bond motifs is 2. The number of carbonyl (C=O) groups is 2. The fourth-order valence-electron chi connectivity index (χ4n) is 8.50. The Balaban J connectivity index is 1.08. The minimum Gasteiger partial charge on any atom is -0.481 e. The first-order chi connectivity index (χ1) is 28.2. The summed E-state index contributed by atoms with van der Waals surface area (Å²) in [6.07, 6.45) is 4.33. The van der Waals surface area contributed by atoms with Crippen molar-refractivity contribution in [1.29, 1.82) is 0 Å². The van der Waals surface area contributed by atoms with Gasteiger partial charge in [-0.25, -0.2) is 9.97 Å². The van der Waals surface area contributed by atoms with E-state index in [1.807, 2.05) is 34.9 Å². The maximum Gasteiger partial charge on any atom is 0.246 e. The Kier molecular flexibility index (Phi) is 11.1. The Morgan fingerprint density at radius 3 is 1.79 bits per heavy atom. The van der Waals surface area contributed by atoms with Crippen LogP contribution in [0, 0.1) is 13.8 Å². The quantitative estimate of drug-likeness (QED) is 0.121. The number of pyridine rings is 2. The molecule has 2 aromatic carbocycles. The fourth-order valence-corrected chi connectivity index (χ4v) is 10.9. The molecule has 294 valence electrons. The van der Waals surface area contributed by atoms with Gasteiger partial charge in [0.2, 0.25) is 23.6 Å². The number of hydrogen-bond acceptors (Lipinski definition) is 8. The normalized spacial score (nSPS) is 16.0. The molecule has 0 aliphatic carbocycles. The zero-order valence-electron chi connectivity index (χ0n) is 33.3. The molecule has 0 saturated heterocycles. The number of ether oxygens (including phenoxy) is 2. The summed E-state index contributed by atoms with van der Waals surface area (Å²) in [5, 5.41) is 0. The third-order valence-electron chi connectivity index (χ3n) is 11.2. The number of amides is 2. The lowest BCUT2D eigenvalue weighted by atomic mass is 9.83. The second-order valence-electron chi connectivity index (χ2n) is 14.8. The van der Waals surface area contributed by atoms with Crippen molar-refractivity contribution in [1.82, 2.24) is 19.8 Å². The Hall–Kier alpha value is -5.84. The predicted octanol–water partition coefficient (Wildman–Crippen LogP) is 9.67. The number of nitrogens with zero attached hydrogens (tertiary/aromatic N) is 4. The molecule has 0 spiro atoms. The van der Waals surface area contributed by atoms with Gasteiger partial charge in [-0.05, 0) is 109 Å². The van der Waals surface area contributed by atoms with Crippen molar-refractivity contribution in [3.8, 4) is 34.0 Å². The van der Waals surface area contributed by atoms with Gasteiger partial charge in [-0.15, -0.1) is 22.7 Å². The maximum atomic E-state index is 13.1. The number of aromatic nitrogens is 2. The molecule has 4 aromatic heterocycles. The number of thiophene rings is 2. The zero-order valence-corrected chi connectivity index (χ0v) is 34.9. The highest BCUT2D eigenvalue weighted by Crippen LogP contribution is 2.45. The van der Waals surface area contributed by atoms with Gasteiger partial charge in [-0.2, -0.15) is 0 Å². The Morgan fingerprint density at radius 2 is 1.21 bits per heavy atom. The van der Waals surface area contributed by atoms with E-state index in [4.69, 9.17) is 14.5 Å². The Labute approximate surface area is 348 Å². The van der Waals surface area contributed by atoms with Crippen molar-refractivity contribution >= 4 is 34.5 Å². The summed E-state index contributed by atoms with van der Waals surface area (Å²) < 4.78 is 11.7. The van der Waals surface area contributed by atoms with E-state index >= 15 is 0 Å². The molecular formula is C48H46N4O4S2. The molecular weight excluding hydrogens is 761 g/mol. The van der Waals surface area contributed by atoms with Crippen LogP contribution in [0.3, 0.4) is 0 Å². The lowest BCUT2D eigenvalue weighted by Crippen LogP contribution is -2.37. The molecule has 2 amide bonds. The fraction of sp³-hybridized carbons (Fsp3) is 0.250. The second kappa shape index (κ2) is 16.6. The van der Waals surface area contributed by atoms with E-state index in [-0.39, 0.29) is 23.7 Å². The van der Waals surface area contributed by atoms with Crippen molar-refractivity contribution in [2.24, 2.45) is 0 Å². The molecule has 0 unspecified atom stereocenters. The molecule has 8 nitrogen and oxygen atoms in total. The monoisotopic (exact) mass is 806 g/mol. The van der Waals surface area contributed by atoms with Gasteiger partial charge in [0.25, 0.3) is 0 Å². The number of carbonyl (C=O) groups excluding carboxylic acids is 2. The van der Waals surface area contributed by atoms with Gasteiger partial charge in [0.1, 0.15) is 0 Å². The third-order valence-corrected chi connectivity index (χ3v) is 13.5. The van der Waals surface area contributed by atoms with Gasteiger partial charge >= 0.3 is 0 Å². The van der Waals surface area contributed by atoms with E-state index in [0.29, 0.717) is 37.9 Å². The third kappa shape index (κ3) is 7.50. The summed E-state index contributed by atoms with van der Waals surface area (Å²) in [6, 6.07) is 29.6. The summed E-state index contributed by atoms with van der Waals surface area (Å²) in [5.74, 6) is 0.983.